The molecule has 0 aliphatic heterocycles. The molecule has 0 bridgehead atoms. The molecule has 2 amide bonds. The molecular formula is C31H34N2O7. The normalized spacial score (nSPS) is 13.0. The third-order valence-corrected chi connectivity index (χ3v) is 6.34. The van der Waals surface area contributed by atoms with Crippen molar-refractivity contribution in [3.8, 4) is 16.9 Å². The molecule has 40 heavy (non-hydrogen) atoms. The van der Waals surface area contributed by atoms with Crippen molar-refractivity contribution in [3.63, 3.8) is 0 Å². The number of nitrogens with one attached hydrogen (secondary N) is 2. The Bertz CT molecular complexity index is 1300. The largest absolute Gasteiger partial charge is 0.492 e. The first-order chi connectivity index (χ1) is 19.1. The summed E-state index contributed by atoms with van der Waals surface area (Å²) >= 11 is 0. The van der Waals surface area contributed by atoms with Crippen molar-refractivity contribution in [1.29, 1.82) is 0 Å². The first-order valence-electron chi connectivity index (χ1n) is 13.1. The molecule has 0 heterocycles. The maximum atomic E-state index is 12.6. The fourth-order valence-corrected chi connectivity index (χ4v) is 4.58. The minimum atomic E-state index is -1.17. The van der Waals surface area contributed by atoms with Gasteiger partial charge in [-0.3, -0.25) is 0 Å². The quantitative estimate of drug-likeness (QED) is 0.302. The van der Waals surface area contributed by atoms with Crippen LogP contribution in [0.1, 0.15) is 43.4 Å². The van der Waals surface area contributed by atoms with E-state index >= 15 is 0 Å². The number of amides is 2. The zero-order chi connectivity index (χ0) is 28.7. The van der Waals surface area contributed by atoms with E-state index in [1.807, 2.05) is 48.5 Å². The highest BCUT2D eigenvalue weighted by atomic mass is 16.6. The van der Waals surface area contributed by atoms with Crippen molar-refractivity contribution in [3.05, 3.63) is 89.5 Å². The molecule has 1 aliphatic carbocycles. The summed E-state index contributed by atoms with van der Waals surface area (Å²) in [5.74, 6) is -0.721. The van der Waals surface area contributed by atoms with Crippen LogP contribution in [0.5, 0.6) is 5.75 Å². The standard InChI is InChI=1S/C31H34N2O7/c1-31(2,3)40-29(36)32-16-17-38-21-14-12-20(13-15-21)18-27(28(34)35)33-30(37)39-19-26-24-10-6-4-8-22(24)23-9-5-7-11-25(23)26/h4-15,26-27H,16-19H2,1-3H3,(H,32,36)(H,33,37)(H,34,35). The lowest BCUT2D eigenvalue weighted by atomic mass is 9.98. The molecule has 9 nitrogen and oxygen atoms in total. The lowest BCUT2D eigenvalue weighted by Gasteiger charge is -2.19. The summed E-state index contributed by atoms with van der Waals surface area (Å²) in [5.41, 5.74) is 4.51. The topological polar surface area (TPSA) is 123 Å². The van der Waals surface area contributed by atoms with Gasteiger partial charge in [-0.2, -0.15) is 0 Å². The second kappa shape index (κ2) is 12.5. The number of aliphatic carboxylic acids is 1. The third-order valence-electron chi connectivity index (χ3n) is 6.34. The zero-order valence-corrected chi connectivity index (χ0v) is 22.8. The molecule has 4 rings (SSSR count). The number of carboxylic acid groups (broad SMARTS) is 1. The van der Waals surface area contributed by atoms with Gasteiger partial charge in [0.05, 0.1) is 6.54 Å². The van der Waals surface area contributed by atoms with Crippen LogP contribution in [0.4, 0.5) is 9.59 Å². The predicted molar refractivity (Wildman–Crippen MR) is 150 cm³/mol. The van der Waals surface area contributed by atoms with Gasteiger partial charge in [0.1, 0.15) is 30.6 Å². The molecule has 1 aliphatic rings. The van der Waals surface area contributed by atoms with Crippen LogP contribution in [0.15, 0.2) is 72.8 Å². The Balaban J connectivity index is 1.26. The Labute approximate surface area is 233 Å². The fraction of sp³-hybridized carbons (Fsp3) is 0.323. The van der Waals surface area contributed by atoms with E-state index < -0.39 is 29.8 Å². The van der Waals surface area contributed by atoms with Gasteiger partial charge in [-0.05, 0) is 60.7 Å². The van der Waals surface area contributed by atoms with Crippen molar-refractivity contribution in [2.75, 3.05) is 19.8 Å². The Kier molecular flexibility index (Phi) is 8.93. The molecule has 3 aromatic carbocycles. The lowest BCUT2D eigenvalue weighted by Crippen LogP contribution is -2.42. The number of carboxylic acids is 1. The van der Waals surface area contributed by atoms with Gasteiger partial charge < -0.3 is 30.0 Å². The molecule has 0 saturated carbocycles. The predicted octanol–water partition coefficient (Wildman–Crippen LogP) is 5.12. The number of carbonyl (C=O) groups is 3. The summed E-state index contributed by atoms with van der Waals surface area (Å²) in [5, 5.41) is 14.8. The third kappa shape index (κ3) is 7.53. The van der Waals surface area contributed by atoms with Crippen LogP contribution in [-0.2, 0) is 20.7 Å². The van der Waals surface area contributed by atoms with E-state index in [1.165, 1.54) is 0 Å². The van der Waals surface area contributed by atoms with Crippen LogP contribution >= 0.6 is 0 Å². The maximum absolute atomic E-state index is 12.6. The van der Waals surface area contributed by atoms with E-state index in [0.29, 0.717) is 11.3 Å². The number of carbonyl (C=O) groups excluding carboxylic acids is 2. The van der Waals surface area contributed by atoms with Crippen molar-refractivity contribution < 1.29 is 33.7 Å². The Morgan fingerprint density at radius 1 is 0.875 bits per heavy atom. The zero-order valence-electron chi connectivity index (χ0n) is 22.8. The number of fused-ring (bicyclic) bond motifs is 3. The molecule has 0 saturated heterocycles. The first-order valence-corrected chi connectivity index (χ1v) is 13.1. The van der Waals surface area contributed by atoms with Gasteiger partial charge in [-0.15, -0.1) is 0 Å². The van der Waals surface area contributed by atoms with Gasteiger partial charge in [0.2, 0.25) is 0 Å². The molecule has 0 aromatic heterocycles. The molecule has 210 valence electrons. The van der Waals surface area contributed by atoms with Crippen molar-refractivity contribution >= 4 is 18.2 Å². The summed E-state index contributed by atoms with van der Waals surface area (Å²) in [4.78, 5) is 36.1. The lowest BCUT2D eigenvalue weighted by molar-refractivity contribution is -0.139. The highest BCUT2D eigenvalue weighted by Gasteiger charge is 2.29. The Morgan fingerprint density at radius 2 is 1.48 bits per heavy atom. The van der Waals surface area contributed by atoms with Gasteiger partial charge >= 0.3 is 18.2 Å². The molecule has 9 heteroatoms. The number of alkyl carbamates (subject to hydrolysis) is 2. The van der Waals surface area contributed by atoms with Crippen molar-refractivity contribution in [2.24, 2.45) is 0 Å². The van der Waals surface area contributed by atoms with Crippen LogP contribution in [0.25, 0.3) is 11.1 Å². The van der Waals surface area contributed by atoms with E-state index in [4.69, 9.17) is 14.2 Å². The van der Waals surface area contributed by atoms with Crippen LogP contribution in [0.2, 0.25) is 0 Å². The highest BCUT2D eigenvalue weighted by molar-refractivity contribution is 5.81. The summed E-state index contributed by atoms with van der Waals surface area (Å²) in [6.07, 6.45) is -1.23. The van der Waals surface area contributed by atoms with E-state index in [9.17, 15) is 19.5 Å². The molecule has 1 atom stereocenters. The molecule has 0 radical (unpaired) electrons. The van der Waals surface area contributed by atoms with Crippen LogP contribution < -0.4 is 15.4 Å². The van der Waals surface area contributed by atoms with Crippen molar-refractivity contribution in [2.45, 2.75) is 44.8 Å². The monoisotopic (exact) mass is 546 g/mol. The number of hydrogen-bond donors (Lipinski definition) is 3. The van der Waals surface area contributed by atoms with Gasteiger partial charge in [0.25, 0.3) is 0 Å². The van der Waals surface area contributed by atoms with Gasteiger partial charge in [-0.25, -0.2) is 14.4 Å². The Morgan fingerprint density at radius 3 is 2.05 bits per heavy atom. The van der Waals surface area contributed by atoms with Crippen LogP contribution in [-0.4, -0.2) is 54.7 Å². The molecule has 0 spiro atoms. The van der Waals surface area contributed by atoms with Crippen molar-refractivity contribution in [1.82, 2.24) is 10.6 Å². The van der Waals surface area contributed by atoms with E-state index in [0.717, 1.165) is 22.3 Å². The molecule has 3 N–H and O–H groups in total. The summed E-state index contributed by atoms with van der Waals surface area (Å²) in [6.45, 7) is 5.95. The SMILES string of the molecule is CC(C)(C)OC(=O)NCCOc1ccc(CC(NC(=O)OCC2c3ccccc3-c3ccccc32)C(=O)O)cc1. The van der Waals surface area contributed by atoms with Gasteiger partial charge in [0, 0.05) is 12.3 Å². The molecule has 1 unspecified atom stereocenters. The molecule has 3 aromatic rings. The molecule has 0 fully saturated rings. The van der Waals surface area contributed by atoms with Crippen LogP contribution in [0, 0.1) is 0 Å². The van der Waals surface area contributed by atoms with E-state index in [2.05, 4.69) is 10.6 Å². The van der Waals surface area contributed by atoms with Gasteiger partial charge in [0.15, 0.2) is 0 Å². The summed E-state index contributed by atoms with van der Waals surface area (Å²) < 4.78 is 16.3. The Hall–Kier alpha value is -4.53. The number of hydrogen-bond acceptors (Lipinski definition) is 6. The minimum Gasteiger partial charge on any atom is -0.492 e. The fourth-order valence-electron chi connectivity index (χ4n) is 4.58. The first kappa shape index (κ1) is 28.5. The van der Waals surface area contributed by atoms with Gasteiger partial charge in [-0.1, -0.05) is 60.7 Å². The number of rotatable bonds is 10. The summed E-state index contributed by atoms with van der Waals surface area (Å²) in [6, 6.07) is 21.7. The van der Waals surface area contributed by atoms with E-state index in [1.54, 1.807) is 45.0 Å². The molecular weight excluding hydrogens is 512 g/mol. The second-order valence-electron chi connectivity index (χ2n) is 10.5. The maximum Gasteiger partial charge on any atom is 0.407 e. The highest BCUT2D eigenvalue weighted by Crippen LogP contribution is 2.44. The smallest absolute Gasteiger partial charge is 0.407 e. The van der Waals surface area contributed by atoms with Crippen LogP contribution in [0.3, 0.4) is 0 Å². The average molecular weight is 547 g/mol. The second-order valence-corrected chi connectivity index (χ2v) is 10.5. The summed E-state index contributed by atoms with van der Waals surface area (Å²) in [7, 11) is 0. The number of ether oxygens (including phenoxy) is 3. The average Bonchev–Trinajstić information content (AvgIpc) is 3.23. The van der Waals surface area contributed by atoms with E-state index in [-0.39, 0.29) is 32.1 Å². The number of benzene rings is 3. The minimum absolute atomic E-state index is 0.0695.